The Labute approximate surface area is 136 Å². The number of nitrogens with one attached hydrogen (secondary N) is 1. The van der Waals surface area contributed by atoms with E-state index in [1.807, 2.05) is 13.8 Å². The summed E-state index contributed by atoms with van der Waals surface area (Å²) in [7, 11) is 0. The van der Waals surface area contributed by atoms with Gasteiger partial charge < -0.3 is 10.1 Å². The van der Waals surface area contributed by atoms with Gasteiger partial charge in [0.25, 0.3) is 0 Å². The quantitative estimate of drug-likeness (QED) is 0.905. The molecule has 0 bridgehead atoms. The van der Waals surface area contributed by atoms with Crippen molar-refractivity contribution in [2.24, 2.45) is 5.92 Å². The average Bonchev–Trinajstić information content (AvgIpc) is 2.47. The fourth-order valence-electron chi connectivity index (χ4n) is 2.68. The van der Waals surface area contributed by atoms with Crippen LogP contribution in [0.1, 0.15) is 38.2 Å². The molecule has 5 heteroatoms. The monoisotopic (exact) mass is 329 g/mol. The summed E-state index contributed by atoms with van der Waals surface area (Å²) in [6.07, 6.45) is 2.14. The average molecular weight is 330 g/mol. The first-order valence-corrected chi connectivity index (χ1v) is 8.08. The minimum absolute atomic E-state index is 0.0527. The molecule has 0 radical (unpaired) electrons. The van der Waals surface area contributed by atoms with Crippen LogP contribution in [0, 0.1) is 5.92 Å². The molecule has 1 aromatic carbocycles. The maximum absolute atomic E-state index is 12.4. The van der Waals surface area contributed by atoms with Gasteiger partial charge in [-0.25, -0.2) is 0 Å². The highest BCUT2D eigenvalue weighted by Gasteiger charge is 2.26. The molecule has 1 fully saturated rings. The number of hydrogen-bond acceptors (Lipinski definition) is 2. The number of hydrogen-bond donors (Lipinski definition) is 1. The van der Waals surface area contributed by atoms with Gasteiger partial charge in [-0.15, -0.1) is 0 Å². The second kappa shape index (κ2) is 7.48. The van der Waals surface area contributed by atoms with Gasteiger partial charge in [0, 0.05) is 34.2 Å². The molecule has 1 heterocycles. The van der Waals surface area contributed by atoms with E-state index in [-0.39, 0.29) is 17.9 Å². The molecule has 1 aliphatic rings. The van der Waals surface area contributed by atoms with Crippen LogP contribution in [0.5, 0.6) is 0 Å². The van der Waals surface area contributed by atoms with E-state index in [0.717, 1.165) is 19.4 Å². The van der Waals surface area contributed by atoms with Crippen molar-refractivity contribution in [2.75, 3.05) is 13.2 Å². The van der Waals surface area contributed by atoms with Gasteiger partial charge in [-0.3, -0.25) is 4.79 Å². The highest BCUT2D eigenvalue weighted by atomic mass is 35.5. The van der Waals surface area contributed by atoms with Gasteiger partial charge in [-0.05, 0) is 38.8 Å². The molecule has 3 nitrogen and oxygen atoms in total. The van der Waals surface area contributed by atoms with Crippen molar-refractivity contribution in [3.63, 3.8) is 0 Å². The van der Waals surface area contributed by atoms with Crippen molar-refractivity contribution in [3.8, 4) is 0 Å². The Morgan fingerprint density at radius 2 is 2.00 bits per heavy atom. The molecule has 0 aromatic heterocycles. The van der Waals surface area contributed by atoms with Crippen molar-refractivity contribution in [1.29, 1.82) is 0 Å². The fourth-order valence-corrected chi connectivity index (χ4v) is 3.41. The molecule has 3 atom stereocenters. The van der Waals surface area contributed by atoms with Gasteiger partial charge in [0.05, 0.1) is 12.5 Å². The van der Waals surface area contributed by atoms with Crippen molar-refractivity contribution >= 4 is 29.1 Å². The van der Waals surface area contributed by atoms with Crippen LogP contribution in [0.15, 0.2) is 18.2 Å². The lowest BCUT2D eigenvalue weighted by atomic mass is 9.93. The minimum atomic E-state index is -0.377. The number of rotatable bonds is 4. The van der Waals surface area contributed by atoms with Crippen LogP contribution in [-0.2, 0) is 9.53 Å². The third kappa shape index (κ3) is 4.12. The summed E-state index contributed by atoms with van der Waals surface area (Å²) in [6, 6.07) is 5.37. The number of carbonyl (C=O) groups is 1. The zero-order chi connectivity index (χ0) is 15.4. The molecule has 0 aliphatic carbocycles. The number of amides is 1. The predicted molar refractivity (Wildman–Crippen MR) is 86.0 cm³/mol. The third-order valence-electron chi connectivity index (χ3n) is 4.10. The van der Waals surface area contributed by atoms with Gasteiger partial charge in [0.2, 0.25) is 5.91 Å². The normalized spacial score (nSPS) is 21.6. The lowest BCUT2D eigenvalue weighted by Crippen LogP contribution is -2.42. The predicted octanol–water partition coefficient (Wildman–Crippen LogP) is 4.03. The number of ether oxygens (including phenoxy) is 1. The van der Waals surface area contributed by atoms with Crippen LogP contribution < -0.4 is 5.32 Å². The van der Waals surface area contributed by atoms with Gasteiger partial charge in [0.1, 0.15) is 0 Å². The summed E-state index contributed by atoms with van der Waals surface area (Å²) < 4.78 is 5.47. The van der Waals surface area contributed by atoms with Crippen LogP contribution in [0.3, 0.4) is 0 Å². The first kappa shape index (κ1) is 16.6. The van der Waals surface area contributed by atoms with Gasteiger partial charge in [-0.1, -0.05) is 29.3 Å². The van der Waals surface area contributed by atoms with Crippen LogP contribution in [-0.4, -0.2) is 25.2 Å². The van der Waals surface area contributed by atoms with E-state index in [4.69, 9.17) is 27.9 Å². The summed E-state index contributed by atoms with van der Waals surface area (Å²) in [5, 5.41) is 4.12. The largest absolute Gasteiger partial charge is 0.381 e. The second-order valence-corrected chi connectivity index (χ2v) is 6.45. The van der Waals surface area contributed by atoms with Crippen molar-refractivity contribution in [1.82, 2.24) is 5.32 Å². The molecule has 0 saturated carbocycles. The highest BCUT2D eigenvalue weighted by Crippen LogP contribution is 2.31. The van der Waals surface area contributed by atoms with Crippen LogP contribution >= 0.6 is 23.2 Å². The Morgan fingerprint density at radius 1 is 1.33 bits per heavy atom. The van der Waals surface area contributed by atoms with Crippen LogP contribution in [0.2, 0.25) is 10.0 Å². The highest BCUT2D eigenvalue weighted by molar-refractivity contribution is 6.36. The van der Waals surface area contributed by atoms with E-state index in [0.29, 0.717) is 28.1 Å². The molecular formula is C16H21Cl2NO2. The van der Waals surface area contributed by atoms with Crippen LogP contribution in [0.25, 0.3) is 0 Å². The van der Waals surface area contributed by atoms with E-state index < -0.39 is 0 Å². The van der Waals surface area contributed by atoms with E-state index in [2.05, 4.69) is 5.32 Å². The Morgan fingerprint density at radius 3 is 2.57 bits per heavy atom. The molecule has 116 valence electrons. The number of carbonyl (C=O) groups excluding carboxylic acids is 1. The molecular weight excluding hydrogens is 309 g/mol. The zero-order valence-electron chi connectivity index (χ0n) is 12.4. The second-order valence-electron chi connectivity index (χ2n) is 5.63. The molecule has 1 aromatic rings. The first-order valence-electron chi connectivity index (χ1n) is 7.32. The van der Waals surface area contributed by atoms with Gasteiger partial charge in [-0.2, -0.15) is 0 Å². The van der Waals surface area contributed by atoms with Crippen molar-refractivity contribution < 1.29 is 9.53 Å². The Hall–Kier alpha value is -0.770. The summed E-state index contributed by atoms with van der Waals surface area (Å²) in [6.45, 7) is 5.39. The lowest BCUT2D eigenvalue weighted by molar-refractivity contribution is -0.123. The van der Waals surface area contributed by atoms with Crippen molar-refractivity contribution in [3.05, 3.63) is 33.8 Å². The molecule has 3 unspecified atom stereocenters. The van der Waals surface area contributed by atoms with Gasteiger partial charge >= 0.3 is 0 Å². The topological polar surface area (TPSA) is 38.3 Å². The lowest BCUT2D eigenvalue weighted by Gasteiger charge is -2.29. The summed E-state index contributed by atoms with van der Waals surface area (Å²) in [5.74, 6) is -0.0575. The minimum Gasteiger partial charge on any atom is -0.381 e. The Kier molecular flexibility index (Phi) is 5.91. The van der Waals surface area contributed by atoms with Crippen LogP contribution in [0.4, 0.5) is 0 Å². The molecule has 0 spiro atoms. The van der Waals surface area contributed by atoms with E-state index in [9.17, 15) is 4.79 Å². The SMILES string of the molecule is CC(C(=O)NC(C)C1CCCOC1)c1c(Cl)cccc1Cl. The molecule has 1 aliphatic heterocycles. The molecule has 1 saturated heterocycles. The number of halogens is 2. The number of benzene rings is 1. The third-order valence-corrected chi connectivity index (χ3v) is 4.76. The smallest absolute Gasteiger partial charge is 0.227 e. The fraction of sp³-hybridized carbons (Fsp3) is 0.562. The molecule has 2 rings (SSSR count). The Bertz CT molecular complexity index is 481. The molecule has 21 heavy (non-hydrogen) atoms. The summed E-state index contributed by atoms with van der Waals surface area (Å²) >= 11 is 12.3. The molecule has 1 amide bonds. The zero-order valence-corrected chi connectivity index (χ0v) is 13.9. The van der Waals surface area contributed by atoms with Crippen molar-refractivity contribution in [2.45, 2.75) is 38.6 Å². The standard InChI is InChI=1S/C16H21Cl2NO2/c1-10(15-13(17)6-3-7-14(15)18)16(20)19-11(2)12-5-4-8-21-9-12/h3,6-7,10-12H,4-5,8-9H2,1-2H3,(H,19,20). The van der Waals surface area contributed by atoms with E-state index in [1.54, 1.807) is 18.2 Å². The maximum atomic E-state index is 12.4. The van der Waals surface area contributed by atoms with Gasteiger partial charge in [0.15, 0.2) is 0 Å². The van der Waals surface area contributed by atoms with E-state index in [1.165, 1.54) is 0 Å². The molecule has 1 N–H and O–H groups in total. The summed E-state index contributed by atoms with van der Waals surface area (Å²) in [4.78, 5) is 12.4. The Balaban J connectivity index is 2.02. The first-order chi connectivity index (χ1) is 10.0. The van der Waals surface area contributed by atoms with E-state index >= 15 is 0 Å². The maximum Gasteiger partial charge on any atom is 0.227 e. The summed E-state index contributed by atoms with van der Waals surface area (Å²) in [5.41, 5.74) is 0.686.